The van der Waals surface area contributed by atoms with E-state index in [0.29, 0.717) is 34.9 Å². The van der Waals surface area contributed by atoms with Gasteiger partial charge in [-0.3, -0.25) is 4.79 Å². The van der Waals surface area contributed by atoms with Crippen molar-refractivity contribution in [1.82, 2.24) is 20.3 Å². The smallest absolute Gasteiger partial charge is 0.248 e. The van der Waals surface area contributed by atoms with E-state index in [4.69, 9.17) is 15.7 Å². The topological polar surface area (TPSA) is 130 Å². The number of carbonyl (C=O) groups is 1. The van der Waals surface area contributed by atoms with E-state index in [0.717, 1.165) is 55.1 Å². The second-order valence-electron chi connectivity index (χ2n) is 11.4. The van der Waals surface area contributed by atoms with Crippen molar-refractivity contribution in [3.63, 3.8) is 0 Å². The van der Waals surface area contributed by atoms with Crippen molar-refractivity contribution in [2.45, 2.75) is 57.9 Å². The fourth-order valence-corrected chi connectivity index (χ4v) is 7.34. The van der Waals surface area contributed by atoms with Crippen LogP contribution in [-0.4, -0.2) is 46.5 Å². The molecule has 2 heterocycles. The third-order valence-corrected chi connectivity index (χ3v) is 8.58. The molecule has 9 nitrogen and oxygen atoms in total. The van der Waals surface area contributed by atoms with Gasteiger partial charge in [-0.1, -0.05) is 6.07 Å². The van der Waals surface area contributed by atoms with Crippen molar-refractivity contribution in [3.05, 3.63) is 29.3 Å². The Hall–Kier alpha value is -2.94. The molecule has 2 aromatic rings. The van der Waals surface area contributed by atoms with Crippen LogP contribution in [0.15, 0.2) is 18.2 Å². The third-order valence-electron chi connectivity index (χ3n) is 8.58. The van der Waals surface area contributed by atoms with Gasteiger partial charge in [0.05, 0.1) is 0 Å². The maximum Gasteiger partial charge on any atom is 0.248 e. The molecule has 1 atom stereocenters. The number of hydrogen-bond donors (Lipinski definition) is 5. The van der Waals surface area contributed by atoms with Crippen LogP contribution in [0, 0.1) is 30.1 Å². The fraction of sp³-hybridized carbons (Fsp3) is 0.615. The Bertz CT molecular complexity index is 1080. The molecule has 0 radical (unpaired) electrons. The van der Waals surface area contributed by atoms with Crippen molar-refractivity contribution >= 4 is 29.4 Å². The summed E-state index contributed by atoms with van der Waals surface area (Å²) in [5, 5.41) is 13.8. The lowest BCUT2D eigenvalue weighted by atomic mass is 9.49. The van der Waals surface area contributed by atoms with E-state index in [2.05, 4.69) is 26.3 Å². The van der Waals surface area contributed by atoms with Crippen molar-refractivity contribution in [3.8, 4) is 0 Å². The van der Waals surface area contributed by atoms with Crippen LogP contribution in [0.3, 0.4) is 0 Å². The zero-order valence-electron chi connectivity index (χ0n) is 20.4. The lowest BCUT2D eigenvalue weighted by molar-refractivity contribution is -0.0445. The minimum absolute atomic E-state index is 0.293. The Labute approximate surface area is 206 Å². The summed E-state index contributed by atoms with van der Waals surface area (Å²) in [5.41, 5.74) is 8.06. The van der Waals surface area contributed by atoms with E-state index in [1.165, 1.54) is 38.5 Å². The predicted octanol–water partition coefficient (Wildman–Crippen LogP) is 3.42. The summed E-state index contributed by atoms with van der Waals surface area (Å²) in [4.78, 5) is 25.8. The normalized spacial score (nSPS) is 30.9. The van der Waals surface area contributed by atoms with Crippen molar-refractivity contribution in [1.29, 1.82) is 0 Å². The molecule has 4 bridgehead atoms. The number of hydrogen-bond acceptors (Lipinski definition) is 8. The first-order valence-corrected chi connectivity index (χ1v) is 13.1. The number of anilines is 4. The van der Waals surface area contributed by atoms with Gasteiger partial charge in [-0.05, 0) is 99.3 Å². The third kappa shape index (κ3) is 4.78. The van der Waals surface area contributed by atoms with Crippen LogP contribution in [0.1, 0.15) is 60.9 Å². The SMILES string of the molecule is Cc1ccc(C(N)=O)cc1Nc1nc(NCC23CC4CC(CC(C4)C2)C3)nc(N[C@H]2CCNC2)n1. The second-order valence-corrected chi connectivity index (χ2v) is 11.4. The average molecular weight is 477 g/mol. The lowest BCUT2D eigenvalue weighted by Gasteiger charge is -2.56. The molecule has 1 aromatic heterocycles. The highest BCUT2D eigenvalue weighted by atomic mass is 16.1. The Kier molecular flexibility index (Phi) is 5.75. The number of nitrogens with two attached hydrogens (primary N) is 1. The summed E-state index contributed by atoms with van der Waals surface area (Å²) in [7, 11) is 0. The Morgan fingerprint density at radius 3 is 2.40 bits per heavy atom. The number of nitrogens with one attached hydrogen (secondary N) is 4. The average Bonchev–Trinajstić information content (AvgIpc) is 3.31. The molecule has 1 aromatic carbocycles. The van der Waals surface area contributed by atoms with Crippen LogP contribution in [0.4, 0.5) is 23.5 Å². The number of benzene rings is 1. The largest absolute Gasteiger partial charge is 0.366 e. The number of carbonyl (C=O) groups excluding carboxylic acids is 1. The van der Waals surface area contributed by atoms with E-state index in [1.54, 1.807) is 12.1 Å². The summed E-state index contributed by atoms with van der Waals surface area (Å²) < 4.78 is 0. The first-order valence-electron chi connectivity index (χ1n) is 13.1. The molecule has 1 saturated heterocycles. The molecule has 5 fully saturated rings. The zero-order valence-corrected chi connectivity index (χ0v) is 20.4. The summed E-state index contributed by atoms with van der Waals surface area (Å²) >= 11 is 0. The fourth-order valence-electron chi connectivity index (χ4n) is 7.34. The number of aromatic nitrogens is 3. The molecule has 4 saturated carbocycles. The van der Waals surface area contributed by atoms with Gasteiger partial charge < -0.3 is 27.0 Å². The van der Waals surface area contributed by atoms with E-state index >= 15 is 0 Å². The highest BCUT2D eigenvalue weighted by Gasteiger charge is 2.50. The minimum atomic E-state index is -0.460. The van der Waals surface area contributed by atoms with Gasteiger partial charge >= 0.3 is 0 Å². The molecular formula is C26H36N8O. The van der Waals surface area contributed by atoms with Crippen LogP contribution in [0.2, 0.25) is 0 Å². The highest BCUT2D eigenvalue weighted by molar-refractivity contribution is 5.94. The lowest BCUT2D eigenvalue weighted by Crippen LogP contribution is -2.49. The van der Waals surface area contributed by atoms with Gasteiger partial charge in [0.15, 0.2) is 0 Å². The van der Waals surface area contributed by atoms with Crippen LogP contribution in [-0.2, 0) is 0 Å². The molecule has 5 aliphatic rings. The molecule has 1 amide bonds. The maximum atomic E-state index is 11.7. The number of aryl methyl sites for hydroxylation is 1. The minimum Gasteiger partial charge on any atom is -0.366 e. The van der Waals surface area contributed by atoms with Crippen LogP contribution < -0.4 is 27.0 Å². The Morgan fingerprint density at radius 2 is 1.74 bits per heavy atom. The van der Waals surface area contributed by atoms with Gasteiger partial charge in [0, 0.05) is 30.4 Å². The highest BCUT2D eigenvalue weighted by Crippen LogP contribution is 2.59. The van der Waals surface area contributed by atoms with Gasteiger partial charge in [0.25, 0.3) is 0 Å². The van der Waals surface area contributed by atoms with Crippen LogP contribution >= 0.6 is 0 Å². The van der Waals surface area contributed by atoms with E-state index < -0.39 is 5.91 Å². The monoisotopic (exact) mass is 476 g/mol. The first kappa shape index (κ1) is 22.5. The molecule has 0 unspecified atom stereocenters. The standard InChI is InChI=1S/C26H36N8O/c1-15-2-3-19(22(27)35)9-21(15)31-25-33-23(32-24(34-25)30-20-4-5-28-13-20)29-14-26-10-16-6-17(11-26)8-18(7-16)12-26/h2-3,9,16-18,20,28H,4-8,10-14H2,1H3,(H2,27,35)(H3,29,30,31,32,33,34)/t16?,17?,18?,20-,26?/m0/s1. The van der Waals surface area contributed by atoms with Crippen molar-refractivity contribution in [2.24, 2.45) is 28.9 Å². The van der Waals surface area contributed by atoms with Crippen LogP contribution in [0.5, 0.6) is 0 Å². The molecule has 6 N–H and O–H groups in total. The number of amides is 1. The quantitative estimate of drug-likeness (QED) is 0.392. The van der Waals surface area contributed by atoms with E-state index in [-0.39, 0.29) is 0 Å². The Balaban J connectivity index is 1.24. The van der Waals surface area contributed by atoms with Gasteiger partial charge in [-0.15, -0.1) is 0 Å². The summed E-state index contributed by atoms with van der Waals surface area (Å²) in [5.74, 6) is 3.87. The summed E-state index contributed by atoms with van der Waals surface area (Å²) in [6, 6.07) is 5.65. The molecular weight excluding hydrogens is 440 g/mol. The van der Waals surface area contributed by atoms with Crippen molar-refractivity contribution in [2.75, 3.05) is 35.6 Å². The van der Waals surface area contributed by atoms with Gasteiger partial charge in [-0.25, -0.2) is 0 Å². The van der Waals surface area contributed by atoms with E-state index in [1.807, 2.05) is 13.0 Å². The van der Waals surface area contributed by atoms with Gasteiger partial charge in [-0.2, -0.15) is 15.0 Å². The number of primary amides is 1. The molecule has 186 valence electrons. The molecule has 35 heavy (non-hydrogen) atoms. The first-order chi connectivity index (χ1) is 16.9. The summed E-state index contributed by atoms with van der Waals surface area (Å²) in [6.07, 6.45) is 9.34. The maximum absolute atomic E-state index is 11.7. The molecule has 9 heteroatoms. The summed E-state index contributed by atoms with van der Waals surface area (Å²) in [6.45, 7) is 4.78. The van der Waals surface area contributed by atoms with E-state index in [9.17, 15) is 4.79 Å². The Morgan fingerprint density at radius 1 is 1.06 bits per heavy atom. The van der Waals surface area contributed by atoms with Gasteiger partial charge in [0.2, 0.25) is 23.8 Å². The van der Waals surface area contributed by atoms with Crippen LogP contribution in [0.25, 0.3) is 0 Å². The van der Waals surface area contributed by atoms with Gasteiger partial charge in [0.1, 0.15) is 0 Å². The predicted molar refractivity (Wildman–Crippen MR) is 137 cm³/mol. The molecule has 0 spiro atoms. The molecule has 7 rings (SSSR count). The number of rotatable bonds is 8. The number of nitrogens with zero attached hydrogens (tertiary/aromatic N) is 3. The second kappa shape index (κ2) is 8.93. The zero-order chi connectivity index (χ0) is 24.0. The molecule has 4 aliphatic carbocycles. The molecule has 1 aliphatic heterocycles. The van der Waals surface area contributed by atoms with Crippen molar-refractivity contribution < 1.29 is 4.79 Å².